The lowest BCUT2D eigenvalue weighted by Crippen LogP contribution is -2.21. The van der Waals surface area contributed by atoms with E-state index in [4.69, 9.17) is 0 Å². The average Bonchev–Trinajstić information content (AvgIpc) is 2.48. The molecule has 0 saturated heterocycles. The lowest BCUT2D eigenvalue weighted by atomic mass is 10.1. The Morgan fingerprint density at radius 1 is 1.14 bits per heavy atom. The van der Waals surface area contributed by atoms with Gasteiger partial charge in [0.25, 0.3) is 0 Å². The van der Waals surface area contributed by atoms with Crippen LogP contribution in [0.2, 0.25) is 0 Å². The second-order valence-corrected chi connectivity index (χ2v) is 5.37. The van der Waals surface area contributed by atoms with Gasteiger partial charge in [-0.2, -0.15) is 0 Å². The van der Waals surface area contributed by atoms with Crippen molar-refractivity contribution in [2.24, 2.45) is 0 Å². The predicted octanol–water partition coefficient (Wildman–Crippen LogP) is 3.27. The van der Waals surface area contributed by atoms with Crippen molar-refractivity contribution in [2.75, 3.05) is 13.6 Å². The van der Waals surface area contributed by atoms with Gasteiger partial charge in [-0.15, -0.1) is 0 Å². The molecule has 21 heavy (non-hydrogen) atoms. The van der Waals surface area contributed by atoms with Crippen LogP contribution in [0.3, 0.4) is 0 Å². The van der Waals surface area contributed by atoms with E-state index in [1.54, 1.807) is 18.2 Å². The molecule has 0 spiro atoms. The summed E-state index contributed by atoms with van der Waals surface area (Å²) in [6, 6.07) is 15.3. The van der Waals surface area contributed by atoms with Crippen LogP contribution in [0.25, 0.3) is 0 Å². The molecule has 1 N–H and O–H groups in total. The van der Waals surface area contributed by atoms with E-state index < -0.39 is 0 Å². The number of hydrogen-bond acceptors (Lipinski definition) is 3. The Bertz CT molecular complexity index is 608. The van der Waals surface area contributed by atoms with Gasteiger partial charge in [0.05, 0.1) is 0 Å². The molecule has 110 valence electrons. The minimum atomic E-state index is 0.0168. The Kier molecular flexibility index (Phi) is 5.12. The minimum Gasteiger partial charge on any atom is -0.508 e. The summed E-state index contributed by atoms with van der Waals surface area (Å²) in [5.74, 6) is 0.259. The van der Waals surface area contributed by atoms with E-state index in [9.17, 15) is 9.90 Å². The van der Waals surface area contributed by atoms with Crippen molar-refractivity contribution in [2.45, 2.75) is 19.9 Å². The molecule has 0 aromatic heterocycles. The van der Waals surface area contributed by atoms with Crippen LogP contribution in [0.1, 0.15) is 28.4 Å². The van der Waals surface area contributed by atoms with Crippen LogP contribution >= 0.6 is 0 Å². The number of carbonyl (C=O) groups excluding carboxylic acids is 1. The number of benzene rings is 2. The van der Waals surface area contributed by atoms with Crippen molar-refractivity contribution in [3.63, 3.8) is 0 Å². The SMILES string of the molecule is CC(=O)c1ccc(O)c(CN(C)CCc2ccccc2)c1. The smallest absolute Gasteiger partial charge is 0.159 e. The number of Topliss-reactive ketones (excluding diaryl/α,β-unsaturated/α-hetero) is 1. The lowest BCUT2D eigenvalue weighted by molar-refractivity contribution is 0.101. The van der Waals surface area contributed by atoms with E-state index >= 15 is 0 Å². The fourth-order valence-electron chi connectivity index (χ4n) is 2.27. The molecule has 0 aliphatic carbocycles. The van der Waals surface area contributed by atoms with Gasteiger partial charge in [-0.25, -0.2) is 0 Å². The van der Waals surface area contributed by atoms with Gasteiger partial charge in [0.1, 0.15) is 5.75 Å². The molecule has 0 heterocycles. The molecule has 0 aliphatic rings. The van der Waals surface area contributed by atoms with Crippen LogP contribution in [0.4, 0.5) is 0 Å². The Hall–Kier alpha value is -2.13. The van der Waals surface area contributed by atoms with Gasteiger partial charge in [0.15, 0.2) is 5.78 Å². The fourth-order valence-corrected chi connectivity index (χ4v) is 2.27. The number of rotatable bonds is 6. The fraction of sp³-hybridized carbons (Fsp3) is 0.278. The van der Waals surface area contributed by atoms with E-state index in [1.807, 2.05) is 25.2 Å². The first kappa shape index (κ1) is 15.3. The topological polar surface area (TPSA) is 40.5 Å². The highest BCUT2D eigenvalue weighted by atomic mass is 16.3. The van der Waals surface area contributed by atoms with Crippen LogP contribution in [-0.2, 0) is 13.0 Å². The van der Waals surface area contributed by atoms with Crippen molar-refractivity contribution < 1.29 is 9.90 Å². The highest BCUT2D eigenvalue weighted by Gasteiger charge is 2.08. The van der Waals surface area contributed by atoms with Crippen LogP contribution in [0, 0.1) is 0 Å². The number of likely N-dealkylation sites (N-methyl/N-ethyl adjacent to an activating group) is 1. The summed E-state index contributed by atoms with van der Waals surface area (Å²) in [6.07, 6.45) is 0.963. The zero-order chi connectivity index (χ0) is 15.2. The highest BCUT2D eigenvalue weighted by Crippen LogP contribution is 2.20. The maximum atomic E-state index is 11.4. The van der Waals surface area contributed by atoms with Crippen LogP contribution in [0.15, 0.2) is 48.5 Å². The standard InChI is InChI=1S/C18H21NO2/c1-14(20)16-8-9-18(21)17(12-16)13-19(2)11-10-15-6-4-3-5-7-15/h3-9,12,21H,10-11,13H2,1-2H3. The van der Waals surface area contributed by atoms with Gasteiger partial charge in [-0.1, -0.05) is 30.3 Å². The summed E-state index contributed by atoms with van der Waals surface area (Å²) >= 11 is 0. The maximum absolute atomic E-state index is 11.4. The number of nitrogens with zero attached hydrogens (tertiary/aromatic N) is 1. The van der Waals surface area contributed by atoms with Gasteiger partial charge in [-0.05, 0) is 44.2 Å². The predicted molar refractivity (Wildman–Crippen MR) is 84.6 cm³/mol. The van der Waals surface area contributed by atoms with Gasteiger partial charge in [0.2, 0.25) is 0 Å². The van der Waals surface area contributed by atoms with Crippen molar-refractivity contribution in [3.05, 3.63) is 65.2 Å². The van der Waals surface area contributed by atoms with Gasteiger partial charge < -0.3 is 10.0 Å². The summed E-state index contributed by atoms with van der Waals surface area (Å²) < 4.78 is 0. The van der Waals surface area contributed by atoms with E-state index in [0.717, 1.165) is 18.5 Å². The first-order chi connectivity index (χ1) is 10.1. The number of aromatic hydroxyl groups is 1. The summed E-state index contributed by atoms with van der Waals surface area (Å²) in [7, 11) is 2.02. The third-order valence-electron chi connectivity index (χ3n) is 3.55. The number of carbonyl (C=O) groups is 1. The quantitative estimate of drug-likeness (QED) is 0.827. The maximum Gasteiger partial charge on any atom is 0.159 e. The molecular weight excluding hydrogens is 262 g/mol. The lowest BCUT2D eigenvalue weighted by Gasteiger charge is -2.18. The van der Waals surface area contributed by atoms with E-state index in [-0.39, 0.29) is 11.5 Å². The average molecular weight is 283 g/mol. The van der Waals surface area contributed by atoms with Gasteiger partial charge in [0, 0.05) is 24.2 Å². The first-order valence-electron chi connectivity index (χ1n) is 7.11. The highest BCUT2D eigenvalue weighted by molar-refractivity contribution is 5.94. The Morgan fingerprint density at radius 3 is 2.52 bits per heavy atom. The molecule has 0 radical (unpaired) electrons. The molecule has 0 saturated carbocycles. The molecule has 0 unspecified atom stereocenters. The molecule has 2 aromatic rings. The molecule has 3 nitrogen and oxygen atoms in total. The van der Waals surface area contributed by atoms with E-state index in [2.05, 4.69) is 17.0 Å². The van der Waals surface area contributed by atoms with Crippen LogP contribution in [0.5, 0.6) is 5.75 Å². The zero-order valence-corrected chi connectivity index (χ0v) is 12.5. The van der Waals surface area contributed by atoms with Gasteiger partial charge in [-0.3, -0.25) is 4.79 Å². The second-order valence-electron chi connectivity index (χ2n) is 5.37. The number of hydrogen-bond donors (Lipinski definition) is 1. The summed E-state index contributed by atoms with van der Waals surface area (Å²) in [6.45, 7) is 3.06. The molecule has 0 atom stereocenters. The first-order valence-corrected chi connectivity index (χ1v) is 7.11. The normalized spacial score (nSPS) is 10.8. The summed E-state index contributed by atoms with van der Waals surface area (Å²) in [5, 5.41) is 9.91. The molecular formula is C18H21NO2. The largest absolute Gasteiger partial charge is 0.508 e. The number of ketones is 1. The van der Waals surface area contributed by atoms with Crippen LogP contribution in [-0.4, -0.2) is 29.4 Å². The molecule has 3 heteroatoms. The van der Waals surface area contributed by atoms with Gasteiger partial charge >= 0.3 is 0 Å². The second kappa shape index (κ2) is 7.04. The third kappa shape index (κ3) is 4.43. The monoisotopic (exact) mass is 283 g/mol. The Balaban J connectivity index is 1.97. The van der Waals surface area contributed by atoms with Crippen LogP contribution < -0.4 is 0 Å². The van der Waals surface area contributed by atoms with E-state index in [0.29, 0.717) is 12.1 Å². The molecule has 0 aliphatic heterocycles. The number of phenolic OH excluding ortho intramolecular Hbond substituents is 1. The summed E-state index contributed by atoms with van der Waals surface area (Å²) in [4.78, 5) is 13.6. The molecule has 2 rings (SSSR count). The molecule has 2 aromatic carbocycles. The molecule has 0 fully saturated rings. The zero-order valence-electron chi connectivity index (χ0n) is 12.5. The van der Waals surface area contributed by atoms with Crippen molar-refractivity contribution >= 4 is 5.78 Å². The van der Waals surface area contributed by atoms with Crippen molar-refractivity contribution in [1.82, 2.24) is 4.90 Å². The minimum absolute atomic E-state index is 0.0168. The number of phenols is 1. The third-order valence-corrected chi connectivity index (χ3v) is 3.55. The Labute approximate surface area is 125 Å². The van der Waals surface area contributed by atoms with Crippen molar-refractivity contribution in [3.8, 4) is 5.75 Å². The molecule has 0 bridgehead atoms. The van der Waals surface area contributed by atoms with E-state index in [1.165, 1.54) is 12.5 Å². The summed E-state index contributed by atoms with van der Waals surface area (Å²) in [5.41, 5.74) is 2.73. The van der Waals surface area contributed by atoms with Crippen molar-refractivity contribution in [1.29, 1.82) is 0 Å². The molecule has 0 amide bonds. The Morgan fingerprint density at radius 2 is 1.86 bits per heavy atom.